The van der Waals surface area contributed by atoms with Crippen LogP contribution in [0.1, 0.15) is 31.2 Å². The lowest BCUT2D eigenvalue weighted by molar-refractivity contribution is 0.457. The lowest BCUT2D eigenvalue weighted by atomic mass is 9.87. The maximum atomic E-state index is 10.8. The lowest BCUT2D eigenvalue weighted by Crippen LogP contribution is -2.20. The first-order chi connectivity index (χ1) is 9.18. The van der Waals surface area contributed by atoms with Crippen LogP contribution in [-0.2, 0) is 17.4 Å². The molecule has 19 heavy (non-hydrogen) atoms. The van der Waals surface area contributed by atoms with Crippen molar-refractivity contribution < 1.29 is 4.79 Å². The van der Waals surface area contributed by atoms with Gasteiger partial charge in [0, 0.05) is 18.0 Å². The van der Waals surface area contributed by atoms with Crippen molar-refractivity contribution in [3.05, 3.63) is 28.9 Å². The average Bonchev–Trinajstić information content (AvgIpc) is 2.97. The zero-order valence-electron chi connectivity index (χ0n) is 10.7. The molecule has 1 fully saturated rings. The summed E-state index contributed by atoms with van der Waals surface area (Å²) >= 11 is 6.14. The highest BCUT2D eigenvalue weighted by Crippen LogP contribution is 2.45. The topological polar surface area (TPSA) is 47.2 Å². The summed E-state index contributed by atoms with van der Waals surface area (Å²) in [7, 11) is 1.87. The molecule has 2 aromatic rings. The van der Waals surface area contributed by atoms with Crippen molar-refractivity contribution in [2.75, 3.05) is 0 Å². The molecule has 0 N–H and O–H groups in total. The van der Waals surface area contributed by atoms with Gasteiger partial charge in [0.2, 0.25) is 6.08 Å². The highest BCUT2D eigenvalue weighted by Gasteiger charge is 2.37. The number of halogens is 1. The molecule has 0 aliphatic heterocycles. The molecule has 1 aromatic carbocycles. The predicted molar refractivity (Wildman–Crippen MR) is 74.0 cm³/mol. The van der Waals surface area contributed by atoms with Gasteiger partial charge in [-0.3, -0.25) is 4.68 Å². The molecule has 0 bridgehead atoms. The van der Waals surface area contributed by atoms with Crippen LogP contribution in [0.4, 0.5) is 0 Å². The Kier molecular flexibility index (Phi) is 2.92. The van der Waals surface area contributed by atoms with E-state index in [4.69, 9.17) is 11.6 Å². The number of nitrogens with zero attached hydrogens (tertiary/aromatic N) is 3. The highest BCUT2D eigenvalue weighted by atomic mass is 35.5. The maximum Gasteiger partial charge on any atom is 0.235 e. The van der Waals surface area contributed by atoms with Crippen LogP contribution in [-0.4, -0.2) is 15.9 Å². The molecule has 0 atom stereocenters. The van der Waals surface area contributed by atoms with Crippen LogP contribution in [0.3, 0.4) is 0 Å². The zero-order valence-corrected chi connectivity index (χ0v) is 11.4. The molecule has 0 saturated heterocycles. The van der Waals surface area contributed by atoms with E-state index in [1.165, 1.54) is 0 Å². The molecule has 1 heterocycles. The second-order valence-electron chi connectivity index (χ2n) is 5.06. The Labute approximate surface area is 116 Å². The van der Waals surface area contributed by atoms with Crippen LogP contribution in [0.2, 0.25) is 5.15 Å². The molecule has 98 valence electrons. The quantitative estimate of drug-likeness (QED) is 0.623. The SMILES string of the molecule is Cn1nc(Cl)c2cccc(C3(N=C=O)CCCC3)c21. The van der Waals surface area contributed by atoms with Crippen LogP contribution in [0.5, 0.6) is 0 Å². The Balaban J connectivity index is 2.32. The van der Waals surface area contributed by atoms with E-state index in [1.807, 2.05) is 25.2 Å². The van der Waals surface area contributed by atoms with Crippen molar-refractivity contribution >= 4 is 28.6 Å². The molecule has 5 heteroatoms. The molecule has 0 unspecified atom stereocenters. The van der Waals surface area contributed by atoms with Crippen molar-refractivity contribution in [3.8, 4) is 0 Å². The smallest absolute Gasteiger partial charge is 0.235 e. The van der Waals surface area contributed by atoms with E-state index in [9.17, 15) is 4.79 Å². The summed E-state index contributed by atoms with van der Waals surface area (Å²) in [5, 5.41) is 5.66. The molecular weight excluding hydrogens is 262 g/mol. The first-order valence-corrected chi connectivity index (χ1v) is 6.76. The van der Waals surface area contributed by atoms with Gasteiger partial charge in [0.25, 0.3) is 0 Å². The number of isocyanates is 1. The first kappa shape index (κ1) is 12.4. The monoisotopic (exact) mass is 275 g/mol. The fourth-order valence-corrected chi connectivity index (χ4v) is 3.42. The minimum absolute atomic E-state index is 0.446. The Hall–Kier alpha value is -1.64. The van der Waals surface area contributed by atoms with Gasteiger partial charge < -0.3 is 0 Å². The largest absolute Gasteiger partial charge is 0.266 e. The Bertz CT molecular complexity index is 679. The minimum Gasteiger partial charge on any atom is -0.266 e. The Morgan fingerprint density at radius 2 is 2.16 bits per heavy atom. The summed E-state index contributed by atoms with van der Waals surface area (Å²) in [4.78, 5) is 15.0. The number of aliphatic imine (C=N–C) groups is 1. The Morgan fingerprint density at radius 1 is 1.42 bits per heavy atom. The number of benzene rings is 1. The van der Waals surface area contributed by atoms with Gasteiger partial charge in [-0.05, 0) is 18.9 Å². The summed E-state index contributed by atoms with van der Waals surface area (Å²) < 4.78 is 1.77. The standard InChI is InChI=1S/C14H14ClN3O/c1-18-12-10(13(15)17-18)5-4-6-11(12)14(16-9-19)7-2-3-8-14/h4-6H,2-3,7-8H2,1H3. The van der Waals surface area contributed by atoms with Gasteiger partial charge in [-0.15, -0.1) is 0 Å². The van der Waals surface area contributed by atoms with E-state index in [-0.39, 0.29) is 0 Å². The molecule has 4 nitrogen and oxygen atoms in total. The predicted octanol–water partition coefficient (Wildman–Crippen LogP) is 3.33. The number of carbonyl (C=O) groups excluding carboxylic acids is 1. The van der Waals surface area contributed by atoms with Gasteiger partial charge in [0.15, 0.2) is 5.15 Å². The number of rotatable bonds is 2. The van der Waals surface area contributed by atoms with Crippen LogP contribution in [0.15, 0.2) is 23.2 Å². The molecule has 1 aliphatic carbocycles. The maximum absolute atomic E-state index is 10.8. The number of para-hydroxylation sites is 1. The number of aryl methyl sites for hydroxylation is 1. The molecule has 1 aromatic heterocycles. The number of fused-ring (bicyclic) bond motifs is 1. The molecule has 1 saturated carbocycles. The van der Waals surface area contributed by atoms with Gasteiger partial charge in [0.05, 0.1) is 5.52 Å². The minimum atomic E-state index is -0.446. The van der Waals surface area contributed by atoms with Crippen LogP contribution < -0.4 is 0 Å². The van der Waals surface area contributed by atoms with Gasteiger partial charge >= 0.3 is 0 Å². The first-order valence-electron chi connectivity index (χ1n) is 6.39. The number of aromatic nitrogens is 2. The van der Waals surface area contributed by atoms with Crippen molar-refractivity contribution in [2.24, 2.45) is 12.0 Å². The third-order valence-corrected chi connectivity index (χ3v) is 4.29. The van der Waals surface area contributed by atoms with Crippen LogP contribution in [0.25, 0.3) is 10.9 Å². The third kappa shape index (κ3) is 1.79. The normalized spacial score (nSPS) is 17.6. The fourth-order valence-electron chi connectivity index (χ4n) is 3.16. The second-order valence-corrected chi connectivity index (χ2v) is 5.42. The summed E-state index contributed by atoms with van der Waals surface area (Å²) in [5.74, 6) is 0. The lowest BCUT2D eigenvalue weighted by Gasteiger charge is -2.23. The van der Waals surface area contributed by atoms with Gasteiger partial charge in [-0.25, -0.2) is 4.79 Å². The van der Waals surface area contributed by atoms with Gasteiger partial charge in [-0.1, -0.05) is 36.6 Å². The fraction of sp³-hybridized carbons (Fsp3) is 0.429. The Morgan fingerprint density at radius 3 is 2.84 bits per heavy atom. The van der Waals surface area contributed by atoms with E-state index in [0.29, 0.717) is 5.15 Å². The summed E-state index contributed by atoms with van der Waals surface area (Å²) in [6.07, 6.45) is 5.66. The summed E-state index contributed by atoms with van der Waals surface area (Å²) in [5.41, 5.74) is 1.56. The van der Waals surface area contributed by atoms with E-state index < -0.39 is 5.54 Å². The summed E-state index contributed by atoms with van der Waals surface area (Å²) in [6, 6.07) is 5.92. The van der Waals surface area contributed by atoms with Crippen molar-refractivity contribution in [2.45, 2.75) is 31.2 Å². The average molecular weight is 276 g/mol. The second kappa shape index (κ2) is 4.48. The van der Waals surface area contributed by atoms with E-state index in [2.05, 4.69) is 10.1 Å². The number of hydrogen-bond acceptors (Lipinski definition) is 3. The zero-order chi connectivity index (χ0) is 13.5. The molecule has 0 spiro atoms. The van der Waals surface area contributed by atoms with Gasteiger partial charge in [-0.2, -0.15) is 10.1 Å². The van der Waals surface area contributed by atoms with Crippen molar-refractivity contribution in [1.29, 1.82) is 0 Å². The van der Waals surface area contributed by atoms with Crippen molar-refractivity contribution in [3.63, 3.8) is 0 Å². The van der Waals surface area contributed by atoms with Crippen LogP contribution in [0, 0.1) is 0 Å². The highest BCUT2D eigenvalue weighted by molar-refractivity contribution is 6.34. The molecule has 0 radical (unpaired) electrons. The number of hydrogen-bond donors (Lipinski definition) is 0. The molecule has 3 rings (SSSR count). The van der Waals surface area contributed by atoms with Crippen molar-refractivity contribution in [1.82, 2.24) is 9.78 Å². The summed E-state index contributed by atoms with van der Waals surface area (Å²) in [6.45, 7) is 0. The molecule has 1 aliphatic rings. The third-order valence-electron chi connectivity index (χ3n) is 4.01. The van der Waals surface area contributed by atoms with Gasteiger partial charge in [0.1, 0.15) is 5.54 Å². The van der Waals surface area contributed by atoms with E-state index in [0.717, 1.165) is 42.1 Å². The van der Waals surface area contributed by atoms with E-state index in [1.54, 1.807) is 10.8 Å². The van der Waals surface area contributed by atoms with E-state index >= 15 is 0 Å². The molecule has 0 amide bonds. The molecular formula is C14H14ClN3O. The van der Waals surface area contributed by atoms with Crippen LogP contribution >= 0.6 is 11.6 Å².